The zero-order chi connectivity index (χ0) is 31.8. The second-order valence-electron chi connectivity index (χ2n) is 11.5. The van der Waals surface area contributed by atoms with Gasteiger partial charge in [-0.25, -0.2) is 0 Å². The number of carbonyl (C=O) groups is 5. The van der Waals surface area contributed by atoms with E-state index in [9.17, 15) is 34.2 Å². The summed E-state index contributed by atoms with van der Waals surface area (Å²) in [7, 11) is 0. The number of alkyl halides is 1. The average molecular weight is 615 g/mol. The van der Waals surface area contributed by atoms with Gasteiger partial charge in [0.1, 0.15) is 30.0 Å². The average Bonchev–Trinajstić information content (AvgIpc) is 3.10. The molecule has 0 aromatic rings. The fourth-order valence-electron chi connectivity index (χ4n) is 6.54. The van der Waals surface area contributed by atoms with E-state index in [-0.39, 0.29) is 18.7 Å². The number of esters is 5. The highest BCUT2D eigenvalue weighted by molar-refractivity contribution is 6.19. The number of ether oxygens (including phenoxy) is 5. The fraction of sp³-hybridized carbons (Fsp3) is 0.690. The maximum atomic E-state index is 13.0. The van der Waals surface area contributed by atoms with E-state index in [0.29, 0.717) is 5.57 Å². The summed E-state index contributed by atoms with van der Waals surface area (Å²) in [6.45, 7) is 9.19. The molecule has 2 fully saturated rings. The van der Waals surface area contributed by atoms with Crippen molar-refractivity contribution in [1.82, 2.24) is 0 Å². The number of hydrogen-bond acceptors (Lipinski definition) is 12. The monoisotopic (exact) mass is 614 g/mol. The third-order valence-corrected chi connectivity index (χ3v) is 8.96. The molecule has 1 saturated carbocycles. The first-order chi connectivity index (χ1) is 19.4. The van der Waals surface area contributed by atoms with Gasteiger partial charge in [0.05, 0.1) is 11.3 Å². The van der Waals surface area contributed by atoms with Crippen molar-refractivity contribution < 1.29 is 57.9 Å². The van der Waals surface area contributed by atoms with Gasteiger partial charge in [0, 0.05) is 45.4 Å². The molecule has 2 aliphatic carbocycles. The Bertz CT molecular complexity index is 1180. The highest BCUT2D eigenvalue weighted by Gasteiger charge is 2.72. The van der Waals surface area contributed by atoms with E-state index in [1.165, 1.54) is 32.1 Å². The van der Waals surface area contributed by atoms with Crippen LogP contribution in [0.15, 0.2) is 23.8 Å². The van der Waals surface area contributed by atoms with Gasteiger partial charge in [0.15, 0.2) is 11.7 Å². The third kappa shape index (κ3) is 5.93. The first-order valence-corrected chi connectivity index (χ1v) is 14.3. The number of carbonyl (C=O) groups excluding carboxylic acids is 5. The molecule has 13 heteroatoms. The maximum Gasteiger partial charge on any atom is 0.312 e. The lowest BCUT2D eigenvalue weighted by atomic mass is 9.51. The van der Waals surface area contributed by atoms with E-state index in [0.717, 1.165) is 20.8 Å². The molecule has 42 heavy (non-hydrogen) atoms. The smallest absolute Gasteiger partial charge is 0.312 e. The molecule has 0 radical (unpaired) electrons. The fourth-order valence-corrected chi connectivity index (χ4v) is 6.72. The van der Waals surface area contributed by atoms with E-state index in [4.69, 9.17) is 35.3 Å². The molecule has 3 rings (SSSR count). The van der Waals surface area contributed by atoms with Crippen molar-refractivity contribution in [1.29, 1.82) is 0 Å². The second kappa shape index (κ2) is 12.3. The molecule has 3 aliphatic rings. The van der Waals surface area contributed by atoms with Gasteiger partial charge >= 0.3 is 29.8 Å². The summed E-state index contributed by atoms with van der Waals surface area (Å²) in [5, 5.41) is 24.8. The molecule has 0 amide bonds. The van der Waals surface area contributed by atoms with Gasteiger partial charge in [0.25, 0.3) is 0 Å². The van der Waals surface area contributed by atoms with Gasteiger partial charge in [-0.1, -0.05) is 19.9 Å². The summed E-state index contributed by atoms with van der Waals surface area (Å²) in [5.74, 6) is -6.76. The zero-order valence-electron chi connectivity index (χ0n) is 24.7. The van der Waals surface area contributed by atoms with Crippen molar-refractivity contribution in [3.05, 3.63) is 23.8 Å². The van der Waals surface area contributed by atoms with Crippen LogP contribution in [-0.2, 0) is 47.7 Å². The molecule has 0 aromatic heterocycles. The Morgan fingerprint density at radius 2 is 1.60 bits per heavy atom. The normalized spacial score (nSPS) is 41.5. The predicted octanol–water partition coefficient (Wildman–Crippen LogP) is 1.91. The van der Waals surface area contributed by atoms with Crippen LogP contribution in [0.4, 0.5) is 0 Å². The van der Waals surface area contributed by atoms with E-state index < -0.39 is 88.8 Å². The van der Waals surface area contributed by atoms with E-state index >= 15 is 0 Å². The summed E-state index contributed by atoms with van der Waals surface area (Å²) in [5.41, 5.74) is -5.76. The minimum atomic E-state index is -2.32. The molecule has 0 unspecified atom stereocenters. The lowest BCUT2D eigenvalue weighted by Gasteiger charge is -2.60. The molecule has 1 aliphatic heterocycles. The van der Waals surface area contributed by atoms with Crippen LogP contribution in [0.5, 0.6) is 0 Å². The molecule has 12 nitrogen and oxygen atoms in total. The molecule has 0 aromatic carbocycles. The molecule has 0 spiro atoms. The predicted molar refractivity (Wildman–Crippen MR) is 146 cm³/mol. The number of fused-ring (bicyclic) bond motifs is 2. The number of rotatable bonds is 6. The summed E-state index contributed by atoms with van der Waals surface area (Å²) in [6, 6.07) is 0. The van der Waals surface area contributed by atoms with Gasteiger partial charge in [-0.3, -0.25) is 24.0 Å². The Hall–Kier alpha value is -2.96. The maximum absolute atomic E-state index is 13.0. The standard InChI is InChI=1S/C29H39ClO12/c1-8-23(34)41-21-12-20(39-16(4)32)27(6)19(38-15(3)31)10-9-18(13-30)11-22-29(37,14(2)26(35)42-22)25(40-17(5)33)24(27)28(21,7)36/h9-11,14,19-22,24-25,36-37H,8,12-13H2,1-7H3/b10-9-,18-11+/t14-,19+,20-,21+,22-,24+,25+,27-,28+,29-/m0/s1. The van der Waals surface area contributed by atoms with Crippen LogP contribution in [-0.4, -0.2) is 87.7 Å². The topological polar surface area (TPSA) is 172 Å². The van der Waals surface area contributed by atoms with Crippen molar-refractivity contribution in [2.75, 3.05) is 5.88 Å². The summed E-state index contributed by atoms with van der Waals surface area (Å²) < 4.78 is 28.5. The minimum absolute atomic E-state index is 0.0453. The zero-order valence-corrected chi connectivity index (χ0v) is 25.5. The van der Waals surface area contributed by atoms with Gasteiger partial charge in [-0.15, -0.1) is 11.6 Å². The van der Waals surface area contributed by atoms with Crippen LogP contribution in [0.1, 0.15) is 61.3 Å². The molecule has 0 bridgehead atoms. The Morgan fingerprint density at radius 1 is 1.00 bits per heavy atom. The van der Waals surface area contributed by atoms with Crippen molar-refractivity contribution in [3.63, 3.8) is 0 Å². The molecule has 1 heterocycles. The molecular formula is C29H39ClO12. The highest BCUT2D eigenvalue weighted by Crippen LogP contribution is 2.58. The van der Waals surface area contributed by atoms with Crippen LogP contribution in [0, 0.1) is 17.3 Å². The molecular weight excluding hydrogens is 576 g/mol. The summed E-state index contributed by atoms with van der Waals surface area (Å²) in [6.07, 6.45) is -2.94. The summed E-state index contributed by atoms with van der Waals surface area (Å²) >= 11 is 6.19. The SMILES string of the molecule is CCC(=O)O[C@@H]1C[C@H](OC(C)=O)[C@]2(C)[C@H](OC(C)=O)/C=C\C(CCl)=C/[C@@H]3OC(=O)[C@H](C)[C@@]3(O)[C@H](OC(C)=O)[C@H]2[C@]1(C)O. The largest absolute Gasteiger partial charge is 0.462 e. The highest BCUT2D eigenvalue weighted by atomic mass is 35.5. The van der Waals surface area contributed by atoms with Crippen molar-refractivity contribution in [2.45, 2.75) is 103 Å². The van der Waals surface area contributed by atoms with Crippen molar-refractivity contribution in [2.24, 2.45) is 17.3 Å². The molecule has 1 saturated heterocycles. The van der Waals surface area contributed by atoms with Crippen LogP contribution in [0.25, 0.3) is 0 Å². The molecule has 234 valence electrons. The Labute approximate surface area is 249 Å². The second-order valence-corrected chi connectivity index (χ2v) is 11.8. The minimum Gasteiger partial charge on any atom is -0.462 e. The molecule has 2 N–H and O–H groups in total. The number of halogens is 1. The number of hydrogen-bond donors (Lipinski definition) is 2. The lowest BCUT2D eigenvalue weighted by Crippen LogP contribution is -2.74. The Balaban J connectivity index is 2.49. The lowest BCUT2D eigenvalue weighted by molar-refractivity contribution is -0.286. The van der Waals surface area contributed by atoms with Gasteiger partial charge in [0.2, 0.25) is 0 Å². The number of allylic oxidation sites excluding steroid dienone is 2. The number of aliphatic hydroxyl groups is 2. The Morgan fingerprint density at radius 3 is 2.12 bits per heavy atom. The Kier molecular flexibility index (Phi) is 9.85. The van der Waals surface area contributed by atoms with Crippen LogP contribution in [0.2, 0.25) is 0 Å². The summed E-state index contributed by atoms with van der Waals surface area (Å²) in [4.78, 5) is 63.0. The van der Waals surface area contributed by atoms with Crippen molar-refractivity contribution in [3.8, 4) is 0 Å². The van der Waals surface area contributed by atoms with E-state index in [1.807, 2.05) is 0 Å². The van der Waals surface area contributed by atoms with E-state index in [2.05, 4.69) is 0 Å². The van der Waals surface area contributed by atoms with Crippen molar-refractivity contribution >= 4 is 41.4 Å². The molecule has 10 atom stereocenters. The first kappa shape index (κ1) is 33.5. The third-order valence-electron chi connectivity index (χ3n) is 8.65. The van der Waals surface area contributed by atoms with Gasteiger partial charge < -0.3 is 33.9 Å². The van der Waals surface area contributed by atoms with Crippen LogP contribution in [0.3, 0.4) is 0 Å². The van der Waals surface area contributed by atoms with Crippen LogP contribution < -0.4 is 0 Å². The van der Waals surface area contributed by atoms with Crippen LogP contribution >= 0.6 is 11.6 Å². The van der Waals surface area contributed by atoms with E-state index in [1.54, 1.807) is 13.8 Å². The van der Waals surface area contributed by atoms with Gasteiger partial charge in [-0.05, 0) is 31.6 Å². The first-order valence-electron chi connectivity index (χ1n) is 13.8. The quantitative estimate of drug-likeness (QED) is 0.253. The van der Waals surface area contributed by atoms with Gasteiger partial charge in [-0.2, -0.15) is 0 Å².